The standard InChI is InChI=1S/C23H25N5O3/c1-14-8-17(5-7-31-14)28-21(13-27-6-4-16(12-27)23(29)30)26-20-11-25-19-3-2-15(10-24)9-18(19)22(20)28/h2-3,9,11,14,16-17H,4-8,12-13H2,1H3,(H,29,30)/t14-,16?,17-/m1/s1. The number of pyridine rings is 1. The Bertz CT molecular complexity index is 1200. The number of aromatic nitrogens is 3. The molecule has 160 valence electrons. The van der Waals surface area contributed by atoms with E-state index in [4.69, 9.17) is 9.72 Å². The number of aliphatic carboxylic acids is 1. The van der Waals surface area contributed by atoms with Gasteiger partial charge in [-0.05, 0) is 50.9 Å². The van der Waals surface area contributed by atoms with Crippen LogP contribution in [0.2, 0.25) is 0 Å². The fourth-order valence-corrected chi connectivity index (χ4v) is 4.99. The van der Waals surface area contributed by atoms with Crippen LogP contribution in [-0.2, 0) is 16.1 Å². The summed E-state index contributed by atoms with van der Waals surface area (Å²) in [7, 11) is 0. The molecule has 2 fully saturated rings. The lowest BCUT2D eigenvalue weighted by Crippen LogP contribution is -2.29. The Morgan fingerprint density at radius 3 is 2.97 bits per heavy atom. The molecule has 0 radical (unpaired) electrons. The van der Waals surface area contributed by atoms with Crippen LogP contribution in [-0.4, -0.2) is 56.3 Å². The predicted molar refractivity (Wildman–Crippen MR) is 114 cm³/mol. The summed E-state index contributed by atoms with van der Waals surface area (Å²) in [5.74, 6) is -0.119. The molecule has 0 aliphatic carbocycles. The number of carbonyl (C=O) groups is 1. The Balaban J connectivity index is 1.64. The van der Waals surface area contributed by atoms with E-state index in [1.807, 2.05) is 12.1 Å². The number of nitrogens with zero attached hydrogens (tertiary/aromatic N) is 5. The van der Waals surface area contributed by atoms with Crippen LogP contribution in [0.1, 0.15) is 43.6 Å². The minimum Gasteiger partial charge on any atom is -0.481 e. The second-order valence-electron chi connectivity index (χ2n) is 8.65. The number of carboxylic acids is 1. The molecule has 0 amide bonds. The molecule has 0 spiro atoms. The van der Waals surface area contributed by atoms with E-state index in [1.165, 1.54) is 0 Å². The van der Waals surface area contributed by atoms with Gasteiger partial charge in [-0.3, -0.25) is 14.7 Å². The first-order valence-corrected chi connectivity index (χ1v) is 10.8. The van der Waals surface area contributed by atoms with Gasteiger partial charge in [-0.25, -0.2) is 4.98 Å². The van der Waals surface area contributed by atoms with Gasteiger partial charge >= 0.3 is 5.97 Å². The van der Waals surface area contributed by atoms with Gasteiger partial charge in [-0.15, -0.1) is 0 Å². The first kappa shape index (κ1) is 19.9. The summed E-state index contributed by atoms with van der Waals surface area (Å²) in [4.78, 5) is 23.1. The maximum absolute atomic E-state index is 11.4. The number of hydrogen-bond donors (Lipinski definition) is 1. The smallest absolute Gasteiger partial charge is 0.307 e. The zero-order chi connectivity index (χ0) is 21.5. The Hall–Kier alpha value is -3.02. The Labute approximate surface area is 180 Å². The van der Waals surface area contributed by atoms with Gasteiger partial charge in [-0.2, -0.15) is 5.26 Å². The van der Waals surface area contributed by atoms with Crippen LogP contribution in [0.5, 0.6) is 0 Å². The van der Waals surface area contributed by atoms with Crippen LogP contribution in [0.25, 0.3) is 21.9 Å². The normalized spacial score (nSPS) is 24.6. The first-order chi connectivity index (χ1) is 15.0. The van der Waals surface area contributed by atoms with E-state index in [0.29, 0.717) is 31.7 Å². The zero-order valence-electron chi connectivity index (χ0n) is 17.5. The number of carboxylic acid groups (broad SMARTS) is 1. The second-order valence-corrected chi connectivity index (χ2v) is 8.65. The highest BCUT2D eigenvalue weighted by Crippen LogP contribution is 2.34. The van der Waals surface area contributed by atoms with E-state index in [1.54, 1.807) is 12.3 Å². The molecule has 1 unspecified atom stereocenters. The summed E-state index contributed by atoms with van der Waals surface area (Å²) in [6.45, 7) is 4.68. The summed E-state index contributed by atoms with van der Waals surface area (Å²) >= 11 is 0. The molecule has 8 heteroatoms. The van der Waals surface area contributed by atoms with Crippen LogP contribution in [0, 0.1) is 17.2 Å². The molecule has 2 aromatic heterocycles. The Morgan fingerprint density at radius 2 is 2.23 bits per heavy atom. The molecule has 0 bridgehead atoms. The van der Waals surface area contributed by atoms with Crippen molar-refractivity contribution in [1.29, 1.82) is 5.26 Å². The average molecular weight is 419 g/mol. The topological polar surface area (TPSA) is 104 Å². The lowest BCUT2D eigenvalue weighted by Gasteiger charge is -2.30. The van der Waals surface area contributed by atoms with Gasteiger partial charge in [0.15, 0.2) is 0 Å². The summed E-state index contributed by atoms with van der Waals surface area (Å²) in [6.07, 6.45) is 4.41. The summed E-state index contributed by atoms with van der Waals surface area (Å²) in [5, 5.41) is 19.7. The van der Waals surface area contributed by atoms with Crippen molar-refractivity contribution in [3.8, 4) is 6.07 Å². The van der Waals surface area contributed by atoms with Gasteiger partial charge in [-0.1, -0.05) is 0 Å². The predicted octanol–water partition coefficient (Wildman–Crippen LogP) is 3.10. The molecular formula is C23H25N5O3. The van der Waals surface area contributed by atoms with E-state index in [-0.39, 0.29) is 18.1 Å². The van der Waals surface area contributed by atoms with E-state index in [9.17, 15) is 15.2 Å². The fourth-order valence-electron chi connectivity index (χ4n) is 4.99. The van der Waals surface area contributed by atoms with Crippen LogP contribution >= 0.6 is 0 Å². The van der Waals surface area contributed by atoms with Crippen molar-refractivity contribution < 1.29 is 14.6 Å². The van der Waals surface area contributed by atoms with E-state index in [2.05, 4.69) is 27.4 Å². The van der Waals surface area contributed by atoms with Gasteiger partial charge in [0.2, 0.25) is 0 Å². The Kier molecular flexibility index (Phi) is 5.08. The van der Waals surface area contributed by atoms with Gasteiger partial charge in [0, 0.05) is 24.6 Å². The molecule has 2 aliphatic heterocycles. The molecule has 0 saturated carbocycles. The van der Waals surface area contributed by atoms with Crippen LogP contribution in [0.4, 0.5) is 0 Å². The first-order valence-electron chi connectivity index (χ1n) is 10.8. The van der Waals surface area contributed by atoms with Gasteiger partial charge in [0.25, 0.3) is 0 Å². The van der Waals surface area contributed by atoms with Crippen LogP contribution in [0.3, 0.4) is 0 Å². The van der Waals surface area contributed by atoms with Crippen LogP contribution < -0.4 is 0 Å². The van der Waals surface area contributed by atoms with Crippen molar-refractivity contribution in [2.75, 3.05) is 19.7 Å². The van der Waals surface area contributed by atoms with Crippen molar-refractivity contribution in [3.63, 3.8) is 0 Å². The molecular weight excluding hydrogens is 394 g/mol. The summed E-state index contributed by atoms with van der Waals surface area (Å²) < 4.78 is 8.10. The van der Waals surface area contributed by atoms with Gasteiger partial charge in [0.1, 0.15) is 11.3 Å². The third kappa shape index (κ3) is 3.64. The second kappa shape index (κ2) is 7.91. The third-order valence-electron chi connectivity index (χ3n) is 6.53. The number of rotatable bonds is 4. The highest BCUT2D eigenvalue weighted by Gasteiger charge is 2.31. The molecule has 4 heterocycles. The molecule has 8 nitrogen and oxygen atoms in total. The summed E-state index contributed by atoms with van der Waals surface area (Å²) in [5.41, 5.74) is 3.25. The van der Waals surface area contributed by atoms with Crippen LogP contribution in [0.15, 0.2) is 24.4 Å². The lowest BCUT2D eigenvalue weighted by molar-refractivity contribution is -0.141. The number of ether oxygens (including phenoxy) is 1. The molecule has 5 rings (SSSR count). The summed E-state index contributed by atoms with van der Waals surface area (Å²) in [6, 6.07) is 8.03. The van der Waals surface area contributed by atoms with Gasteiger partial charge in [0.05, 0.1) is 47.4 Å². The maximum atomic E-state index is 11.4. The van der Waals surface area contributed by atoms with Crippen molar-refractivity contribution in [2.24, 2.45) is 5.92 Å². The number of fused-ring (bicyclic) bond motifs is 3. The zero-order valence-corrected chi connectivity index (χ0v) is 17.5. The molecule has 31 heavy (non-hydrogen) atoms. The number of benzene rings is 1. The van der Waals surface area contributed by atoms with E-state index < -0.39 is 5.97 Å². The lowest BCUT2D eigenvalue weighted by atomic mass is 10.0. The molecule has 3 atom stereocenters. The average Bonchev–Trinajstić information content (AvgIpc) is 3.38. The number of likely N-dealkylation sites (tertiary alicyclic amines) is 1. The minimum absolute atomic E-state index is 0.162. The van der Waals surface area contributed by atoms with Crippen molar-refractivity contribution in [2.45, 2.75) is 44.9 Å². The SMILES string of the molecule is C[C@@H]1C[C@H](n2c(CN3CCC(C(=O)O)C3)nc3cnc4ccc(C#N)cc4c32)CCO1. The fraction of sp³-hybridized carbons (Fsp3) is 0.478. The quantitative estimate of drug-likeness (QED) is 0.693. The third-order valence-corrected chi connectivity index (χ3v) is 6.53. The maximum Gasteiger partial charge on any atom is 0.307 e. The van der Waals surface area contributed by atoms with Crippen molar-refractivity contribution >= 4 is 27.9 Å². The number of hydrogen-bond acceptors (Lipinski definition) is 6. The molecule has 3 aromatic rings. The largest absolute Gasteiger partial charge is 0.481 e. The highest BCUT2D eigenvalue weighted by molar-refractivity contribution is 6.02. The number of imidazole rings is 1. The van der Waals surface area contributed by atoms with Crippen molar-refractivity contribution in [1.82, 2.24) is 19.4 Å². The molecule has 2 saturated heterocycles. The van der Waals surface area contributed by atoms with Gasteiger partial charge < -0.3 is 14.4 Å². The molecule has 1 aromatic carbocycles. The van der Waals surface area contributed by atoms with E-state index >= 15 is 0 Å². The number of nitriles is 1. The van der Waals surface area contributed by atoms with Crippen molar-refractivity contribution in [3.05, 3.63) is 35.8 Å². The molecule has 1 N–H and O–H groups in total. The molecule has 2 aliphatic rings. The van der Waals surface area contributed by atoms with E-state index in [0.717, 1.165) is 47.1 Å². The Morgan fingerprint density at radius 1 is 1.35 bits per heavy atom. The minimum atomic E-state index is -0.728. The monoisotopic (exact) mass is 419 g/mol. The highest BCUT2D eigenvalue weighted by atomic mass is 16.5.